The minimum Gasteiger partial charge on any atom is -0.503 e. The van der Waals surface area contributed by atoms with Crippen LogP contribution in [0.3, 0.4) is 0 Å². The second-order valence-corrected chi connectivity index (χ2v) is 5.98. The van der Waals surface area contributed by atoms with Crippen LogP contribution < -0.4 is 0 Å². The topological polar surface area (TPSA) is 26.7 Å². The van der Waals surface area contributed by atoms with Gasteiger partial charge in [0.2, 0.25) is 0 Å². The Bertz CT molecular complexity index is 486. The second kappa shape index (κ2) is 5.30. The molecule has 0 spiro atoms. The highest BCUT2D eigenvalue weighted by molar-refractivity contribution is 5.30. The number of hydrogen-bond acceptors (Lipinski definition) is 3. The molecule has 3 rings (SSSR count). The molecule has 20 heavy (non-hydrogen) atoms. The normalized spacial score (nSPS) is 27.8. The highest BCUT2D eigenvalue weighted by atomic mass is 19.1. The van der Waals surface area contributed by atoms with E-state index in [-0.39, 0.29) is 0 Å². The van der Waals surface area contributed by atoms with E-state index in [1.807, 2.05) is 0 Å². The molecule has 1 N–H and O–H groups in total. The van der Waals surface area contributed by atoms with E-state index >= 15 is 0 Å². The molecule has 0 saturated carbocycles. The van der Waals surface area contributed by atoms with Gasteiger partial charge >= 0.3 is 0 Å². The second-order valence-electron chi connectivity index (χ2n) is 5.98. The Labute approximate surface area is 117 Å². The molecule has 110 valence electrons. The van der Waals surface area contributed by atoms with Gasteiger partial charge in [-0.05, 0) is 44.0 Å². The number of halogens is 2. The largest absolute Gasteiger partial charge is 0.503 e. The number of benzene rings is 1. The van der Waals surface area contributed by atoms with E-state index in [1.165, 1.54) is 25.0 Å². The number of hydrogen-bond donors (Lipinski definition) is 1. The van der Waals surface area contributed by atoms with Crippen LogP contribution in [-0.2, 0) is 6.54 Å². The lowest BCUT2D eigenvalue weighted by molar-refractivity contribution is 0.214. The third-order valence-electron chi connectivity index (χ3n) is 4.72. The Morgan fingerprint density at radius 2 is 1.80 bits per heavy atom. The van der Waals surface area contributed by atoms with Crippen molar-refractivity contribution in [2.45, 2.75) is 37.9 Å². The van der Waals surface area contributed by atoms with Gasteiger partial charge in [0, 0.05) is 31.7 Å². The summed E-state index contributed by atoms with van der Waals surface area (Å²) in [5, 5.41) is 9.13. The van der Waals surface area contributed by atoms with Gasteiger partial charge in [0.05, 0.1) is 0 Å². The molecule has 2 bridgehead atoms. The van der Waals surface area contributed by atoms with Crippen molar-refractivity contribution < 1.29 is 13.9 Å². The molecule has 2 aliphatic rings. The van der Waals surface area contributed by atoms with Gasteiger partial charge in [-0.15, -0.1) is 0 Å². The van der Waals surface area contributed by atoms with Gasteiger partial charge in [-0.2, -0.15) is 0 Å². The van der Waals surface area contributed by atoms with E-state index in [4.69, 9.17) is 5.11 Å². The molecule has 0 aromatic heterocycles. The smallest absolute Gasteiger partial charge is 0.187 e. The maximum atomic E-state index is 13.4. The first-order chi connectivity index (χ1) is 9.54. The van der Waals surface area contributed by atoms with Crippen molar-refractivity contribution in [3.05, 3.63) is 29.3 Å². The number of fused-ring (bicyclic) bond motifs is 2. The molecule has 2 saturated heterocycles. The maximum Gasteiger partial charge on any atom is 0.187 e. The number of rotatable bonds is 2. The Kier molecular flexibility index (Phi) is 3.65. The molecule has 1 aromatic carbocycles. The SMILES string of the molecule is CN1C2CCC1CN(Cc1cc(F)c(O)c(F)c1)CC2. The summed E-state index contributed by atoms with van der Waals surface area (Å²) in [6.45, 7) is 2.43. The molecule has 5 heteroatoms. The van der Waals surface area contributed by atoms with Crippen LogP contribution in [0.25, 0.3) is 0 Å². The molecule has 0 aliphatic carbocycles. The van der Waals surface area contributed by atoms with Crippen LogP contribution in [0.1, 0.15) is 24.8 Å². The predicted molar refractivity (Wildman–Crippen MR) is 72.5 cm³/mol. The fourth-order valence-corrected chi connectivity index (χ4v) is 3.49. The van der Waals surface area contributed by atoms with Gasteiger partial charge in [0.1, 0.15) is 0 Å². The Morgan fingerprint density at radius 1 is 1.15 bits per heavy atom. The summed E-state index contributed by atoms with van der Waals surface area (Å²) in [5.41, 5.74) is 0.582. The van der Waals surface area contributed by atoms with Crippen molar-refractivity contribution in [3.63, 3.8) is 0 Å². The average molecular weight is 282 g/mol. The quantitative estimate of drug-likeness (QED) is 0.902. The monoisotopic (exact) mass is 282 g/mol. The summed E-state index contributed by atoms with van der Waals surface area (Å²) in [6.07, 6.45) is 3.57. The van der Waals surface area contributed by atoms with Gasteiger partial charge in [-0.3, -0.25) is 9.80 Å². The molecule has 3 nitrogen and oxygen atoms in total. The standard InChI is InChI=1S/C15H20F2N2O/c1-18-11-2-3-12(18)9-19(5-4-11)8-10-6-13(16)15(20)14(17)7-10/h6-7,11-12,20H,2-5,8-9H2,1H3. The van der Waals surface area contributed by atoms with Crippen LogP contribution in [0.4, 0.5) is 8.78 Å². The van der Waals surface area contributed by atoms with Crippen molar-refractivity contribution in [1.82, 2.24) is 9.80 Å². The first-order valence-electron chi connectivity index (χ1n) is 7.16. The van der Waals surface area contributed by atoms with E-state index < -0.39 is 17.4 Å². The van der Waals surface area contributed by atoms with Gasteiger partial charge in [-0.1, -0.05) is 0 Å². The number of aromatic hydroxyl groups is 1. The molecule has 2 aliphatic heterocycles. The van der Waals surface area contributed by atoms with Gasteiger partial charge in [0.15, 0.2) is 17.4 Å². The number of phenols is 1. The summed E-state index contributed by atoms with van der Waals surface area (Å²) >= 11 is 0. The number of likely N-dealkylation sites (tertiary alicyclic amines) is 1. The van der Waals surface area contributed by atoms with Crippen LogP contribution in [-0.4, -0.2) is 47.1 Å². The first kappa shape index (κ1) is 13.8. The maximum absolute atomic E-state index is 13.4. The molecular weight excluding hydrogens is 262 g/mol. The summed E-state index contributed by atoms with van der Waals surface area (Å²) in [6, 6.07) is 3.66. The van der Waals surface area contributed by atoms with Gasteiger partial charge in [-0.25, -0.2) is 8.78 Å². The van der Waals surface area contributed by atoms with E-state index in [0.717, 1.165) is 19.5 Å². The van der Waals surface area contributed by atoms with Crippen LogP contribution in [0.2, 0.25) is 0 Å². The Balaban J connectivity index is 1.72. The summed E-state index contributed by atoms with van der Waals surface area (Å²) in [4.78, 5) is 4.70. The number of nitrogens with zero attached hydrogens (tertiary/aromatic N) is 2. The lowest BCUT2D eigenvalue weighted by Crippen LogP contribution is -2.36. The zero-order chi connectivity index (χ0) is 14.3. The minimum atomic E-state index is -0.886. The molecule has 2 heterocycles. The fraction of sp³-hybridized carbons (Fsp3) is 0.600. The number of likely N-dealkylation sites (N-methyl/N-ethyl adjacent to an activating group) is 1. The van der Waals surface area contributed by atoms with Crippen molar-refractivity contribution in [1.29, 1.82) is 0 Å². The van der Waals surface area contributed by atoms with E-state index in [0.29, 0.717) is 24.2 Å². The lowest BCUT2D eigenvalue weighted by Gasteiger charge is -2.25. The third-order valence-corrected chi connectivity index (χ3v) is 4.72. The van der Waals surface area contributed by atoms with Gasteiger partial charge in [0.25, 0.3) is 0 Å². The molecule has 0 amide bonds. The van der Waals surface area contributed by atoms with Crippen LogP contribution in [0.5, 0.6) is 5.75 Å². The predicted octanol–water partition coefficient (Wildman–Crippen LogP) is 2.34. The van der Waals surface area contributed by atoms with Crippen LogP contribution >= 0.6 is 0 Å². The lowest BCUT2D eigenvalue weighted by atomic mass is 10.1. The van der Waals surface area contributed by atoms with Gasteiger partial charge < -0.3 is 5.11 Å². The molecule has 1 aromatic rings. The summed E-state index contributed by atoms with van der Waals surface area (Å²) in [5.74, 6) is -2.65. The fourth-order valence-electron chi connectivity index (χ4n) is 3.49. The van der Waals surface area contributed by atoms with E-state index in [1.54, 1.807) is 0 Å². The summed E-state index contributed by atoms with van der Waals surface area (Å²) < 4.78 is 26.7. The van der Waals surface area contributed by atoms with E-state index in [9.17, 15) is 8.78 Å². The zero-order valence-corrected chi connectivity index (χ0v) is 11.6. The number of phenolic OH excluding ortho intramolecular Hbond substituents is 1. The molecular formula is C15H20F2N2O. The first-order valence-corrected chi connectivity index (χ1v) is 7.16. The highest BCUT2D eigenvalue weighted by Gasteiger charge is 2.34. The zero-order valence-electron chi connectivity index (χ0n) is 11.6. The Morgan fingerprint density at radius 3 is 2.50 bits per heavy atom. The van der Waals surface area contributed by atoms with E-state index in [2.05, 4.69) is 16.8 Å². The molecule has 2 fully saturated rings. The van der Waals surface area contributed by atoms with Crippen molar-refractivity contribution in [2.75, 3.05) is 20.1 Å². The van der Waals surface area contributed by atoms with Crippen molar-refractivity contribution in [3.8, 4) is 5.75 Å². The highest BCUT2D eigenvalue weighted by Crippen LogP contribution is 2.29. The minimum absolute atomic E-state index is 0.533. The molecule has 2 unspecified atom stereocenters. The Hall–Kier alpha value is -1.20. The molecule has 2 atom stereocenters. The van der Waals surface area contributed by atoms with Crippen LogP contribution in [0.15, 0.2) is 12.1 Å². The summed E-state index contributed by atoms with van der Waals surface area (Å²) in [7, 11) is 2.17. The van der Waals surface area contributed by atoms with Crippen molar-refractivity contribution in [2.24, 2.45) is 0 Å². The van der Waals surface area contributed by atoms with Crippen molar-refractivity contribution >= 4 is 0 Å². The van der Waals surface area contributed by atoms with Crippen LogP contribution in [0, 0.1) is 11.6 Å². The third kappa shape index (κ3) is 2.52. The average Bonchev–Trinajstić information content (AvgIpc) is 2.64. The molecule has 0 radical (unpaired) electrons.